The van der Waals surface area contributed by atoms with E-state index in [1.165, 1.54) is 12.1 Å². The van der Waals surface area contributed by atoms with Crippen LogP contribution in [0.3, 0.4) is 0 Å². The normalized spacial score (nSPS) is 18.4. The van der Waals surface area contributed by atoms with Crippen LogP contribution in [0.25, 0.3) is 11.5 Å². The zero-order valence-corrected chi connectivity index (χ0v) is 13.7. The highest BCUT2D eigenvalue weighted by molar-refractivity contribution is 7.89. The Morgan fingerprint density at radius 2 is 2.09 bits per heavy atom. The van der Waals surface area contributed by atoms with E-state index in [0.29, 0.717) is 37.0 Å². The predicted octanol–water partition coefficient (Wildman–Crippen LogP) is 1.93. The molecule has 23 heavy (non-hydrogen) atoms. The molecule has 1 fully saturated rings. The molecular formula is C15H19N3O4S. The van der Waals surface area contributed by atoms with E-state index in [2.05, 4.69) is 14.9 Å². The van der Waals surface area contributed by atoms with E-state index in [4.69, 9.17) is 9.26 Å². The number of rotatable bonds is 6. The molecule has 1 aromatic carbocycles. The molecule has 7 nitrogen and oxygen atoms in total. The highest BCUT2D eigenvalue weighted by atomic mass is 32.2. The summed E-state index contributed by atoms with van der Waals surface area (Å²) in [6, 6.07) is 6.41. The lowest BCUT2D eigenvalue weighted by molar-refractivity contribution is 0.192. The van der Waals surface area contributed by atoms with Crippen molar-refractivity contribution < 1.29 is 17.7 Å². The molecular weight excluding hydrogens is 318 g/mol. The average molecular weight is 337 g/mol. The Kier molecular flexibility index (Phi) is 4.74. The molecule has 1 aromatic heterocycles. The van der Waals surface area contributed by atoms with Crippen molar-refractivity contribution in [3.63, 3.8) is 0 Å². The summed E-state index contributed by atoms with van der Waals surface area (Å²) in [4.78, 5) is 4.60. The smallest absolute Gasteiger partial charge is 0.257 e. The number of hydrogen-bond donors (Lipinski definition) is 1. The van der Waals surface area contributed by atoms with Gasteiger partial charge in [-0.2, -0.15) is 4.98 Å². The fourth-order valence-corrected chi connectivity index (χ4v) is 3.49. The van der Waals surface area contributed by atoms with E-state index in [0.717, 1.165) is 12.8 Å². The molecule has 0 saturated carbocycles. The average Bonchev–Trinajstić information content (AvgIpc) is 3.24. The first-order valence-corrected chi connectivity index (χ1v) is 9.10. The summed E-state index contributed by atoms with van der Waals surface area (Å²) in [6.45, 7) is 3.65. The molecule has 3 rings (SSSR count). The van der Waals surface area contributed by atoms with E-state index in [-0.39, 0.29) is 10.8 Å². The minimum absolute atomic E-state index is 0.172. The summed E-state index contributed by atoms with van der Waals surface area (Å²) in [5.41, 5.74) is 0.692. The highest BCUT2D eigenvalue weighted by Crippen LogP contribution is 2.26. The summed E-state index contributed by atoms with van der Waals surface area (Å²) in [7, 11) is -3.46. The van der Waals surface area contributed by atoms with E-state index in [1.807, 2.05) is 6.92 Å². The van der Waals surface area contributed by atoms with E-state index in [9.17, 15) is 8.42 Å². The van der Waals surface area contributed by atoms with Crippen LogP contribution in [0.4, 0.5) is 0 Å². The maximum Gasteiger partial charge on any atom is 0.257 e. The molecule has 0 radical (unpaired) electrons. The Balaban J connectivity index is 1.77. The van der Waals surface area contributed by atoms with Crippen molar-refractivity contribution >= 4 is 10.0 Å². The maximum absolute atomic E-state index is 12.0. The van der Waals surface area contributed by atoms with Gasteiger partial charge in [0, 0.05) is 24.6 Å². The molecule has 0 bridgehead atoms. The quantitative estimate of drug-likeness (QED) is 0.865. The Morgan fingerprint density at radius 3 is 2.74 bits per heavy atom. The van der Waals surface area contributed by atoms with Crippen molar-refractivity contribution in [3.8, 4) is 11.5 Å². The zero-order chi connectivity index (χ0) is 16.3. The minimum Gasteiger partial charge on any atom is -0.381 e. The largest absolute Gasteiger partial charge is 0.381 e. The summed E-state index contributed by atoms with van der Waals surface area (Å²) >= 11 is 0. The molecule has 1 atom stereocenters. The Labute approximate surface area is 135 Å². The molecule has 2 heterocycles. The van der Waals surface area contributed by atoms with Crippen LogP contribution in [-0.4, -0.2) is 38.3 Å². The van der Waals surface area contributed by atoms with E-state index >= 15 is 0 Å². The van der Waals surface area contributed by atoms with E-state index in [1.54, 1.807) is 12.1 Å². The van der Waals surface area contributed by atoms with Crippen LogP contribution < -0.4 is 4.72 Å². The van der Waals surface area contributed by atoms with Crippen molar-refractivity contribution in [2.75, 3.05) is 19.8 Å². The van der Waals surface area contributed by atoms with Crippen LogP contribution in [0, 0.1) is 0 Å². The highest BCUT2D eigenvalue weighted by Gasteiger charge is 2.23. The number of ether oxygens (including phenoxy) is 1. The molecule has 8 heteroatoms. The molecule has 124 valence electrons. The molecule has 0 aliphatic carbocycles. The van der Waals surface area contributed by atoms with Gasteiger partial charge in [-0.15, -0.1) is 0 Å². The molecule has 1 aliphatic rings. The van der Waals surface area contributed by atoms with Crippen LogP contribution in [-0.2, 0) is 14.8 Å². The Bertz CT molecular complexity index is 749. The van der Waals surface area contributed by atoms with E-state index < -0.39 is 10.0 Å². The third-order valence-electron chi connectivity index (χ3n) is 3.69. The molecule has 0 unspecified atom stereocenters. The zero-order valence-electron chi connectivity index (χ0n) is 12.9. The number of benzene rings is 1. The summed E-state index contributed by atoms with van der Waals surface area (Å²) < 4.78 is 37.2. The van der Waals surface area contributed by atoms with Gasteiger partial charge < -0.3 is 9.26 Å². The van der Waals surface area contributed by atoms with Crippen LogP contribution in [0.15, 0.2) is 33.7 Å². The molecule has 0 spiro atoms. The SMILES string of the molecule is CCCNS(=O)(=O)c1ccc(-c2nc([C@H]3CCOC3)no2)cc1. The minimum atomic E-state index is -3.46. The topological polar surface area (TPSA) is 94.3 Å². The number of hydrogen-bond acceptors (Lipinski definition) is 6. The lowest BCUT2D eigenvalue weighted by Gasteiger charge is -2.05. The van der Waals surface area contributed by atoms with Gasteiger partial charge in [0.25, 0.3) is 5.89 Å². The lowest BCUT2D eigenvalue weighted by atomic mass is 10.1. The first-order valence-electron chi connectivity index (χ1n) is 7.61. The van der Waals surface area contributed by atoms with Gasteiger partial charge in [0.15, 0.2) is 5.82 Å². The van der Waals surface area contributed by atoms with Crippen LogP contribution in [0.1, 0.15) is 31.5 Å². The molecule has 1 aliphatic heterocycles. The van der Waals surface area contributed by atoms with Crippen LogP contribution in [0.5, 0.6) is 0 Å². The van der Waals surface area contributed by atoms with Crippen LogP contribution >= 0.6 is 0 Å². The number of aromatic nitrogens is 2. The van der Waals surface area contributed by atoms with Crippen molar-refractivity contribution in [2.24, 2.45) is 0 Å². The second-order valence-electron chi connectivity index (χ2n) is 5.44. The number of nitrogens with one attached hydrogen (secondary N) is 1. The Hall–Kier alpha value is -1.77. The van der Waals surface area contributed by atoms with Gasteiger partial charge in [-0.05, 0) is 37.1 Å². The van der Waals surface area contributed by atoms with Gasteiger partial charge in [-0.3, -0.25) is 0 Å². The first kappa shape index (κ1) is 16.1. The van der Waals surface area contributed by atoms with Crippen molar-refractivity contribution in [1.82, 2.24) is 14.9 Å². The fraction of sp³-hybridized carbons (Fsp3) is 0.467. The van der Waals surface area contributed by atoms with Gasteiger partial charge >= 0.3 is 0 Å². The number of nitrogens with zero attached hydrogens (tertiary/aromatic N) is 2. The van der Waals surface area contributed by atoms with Crippen molar-refractivity contribution in [3.05, 3.63) is 30.1 Å². The Morgan fingerprint density at radius 1 is 1.30 bits per heavy atom. The van der Waals surface area contributed by atoms with Crippen molar-refractivity contribution in [1.29, 1.82) is 0 Å². The molecule has 1 N–H and O–H groups in total. The monoisotopic (exact) mass is 337 g/mol. The van der Waals surface area contributed by atoms with Gasteiger partial charge in [0.05, 0.1) is 11.5 Å². The lowest BCUT2D eigenvalue weighted by Crippen LogP contribution is -2.24. The molecule has 0 amide bonds. The molecule has 1 saturated heterocycles. The number of sulfonamides is 1. The standard InChI is InChI=1S/C15H19N3O4S/c1-2-8-16-23(19,20)13-5-3-11(4-6-13)15-17-14(18-22-15)12-7-9-21-10-12/h3-6,12,16H,2,7-10H2,1H3/t12-/m0/s1. The van der Waals surface area contributed by atoms with Crippen molar-refractivity contribution in [2.45, 2.75) is 30.6 Å². The fourth-order valence-electron chi connectivity index (χ4n) is 2.35. The predicted molar refractivity (Wildman–Crippen MR) is 83.4 cm³/mol. The summed E-state index contributed by atoms with van der Waals surface area (Å²) in [5, 5.41) is 3.99. The maximum atomic E-state index is 12.0. The van der Waals surface area contributed by atoms with Crippen LogP contribution in [0.2, 0.25) is 0 Å². The van der Waals surface area contributed by atoms with Gasteiger partial charge in [0.2, 0.25) is 10.0 Å². The van der Waals surface area contributed by atoms with Gasteiger partial charge in [-0.25, -0.2) is 13.1 Å². The second kappa shape index (κ2) is 6.77. The second-order valence-corrected chi connectivity index (χ2v) is 7.21. The summed E-state index contributed by atoms with van der Waals surface area (Å²) in [5.74, 6) is 1.20. The third kappa shape index (κ3) is 3.60. The summed E-state index contributed by atoms with van der Waals surface area (Å²) in [6.07, 6.45) is 1.63. The first-order chi connectivity index (χ1) is 11.1. The molecule has 2 aromatic rings. The van der Waals surface area contributed by atoms with Gasteiger partial charge in [-0.1, -0.05) is 12.1 Å². The van der Waals surface area contributed by atoms with Gasteiger partial charge in [0.1, 0.15) is 0 Å². The third-order valence-corrected chi connectivity index (χ3v) is 5.17.